The van der Waals surface area contributed by atoms with Crippen molar-refractivity contribution in [3.05, 3.63) is 17.2 Å². The highest BCUT2D eigenvalue weighted by atomic mass is 16.6. The molecule has 0 spiro atoms. The van der Waals surface area contributed by atoms with Crippen molar-refractivity contribution in [1.29, 1.82) is 0 Å². The number of aliphatic hydroxyl groups excluding tert-OH is 1. The molecular formula is C30H50N2O8. The van der Waals surface area contributed by atoms with Crippen LogP contribution in [0.1, 0.15) is 72.4 Å². The Balaban J connectivity index is 0.00000191. The highest BCUT2D eigenvalue weighted by Gasteiger charge is 2.54. The molecule has 10 heteroatoms. The van der Waals surface area contributed by atoms with E-state index in [1.807, 2.05) is 47.6 Å². The number of amides is 2. The Hall–Kier alpha value is -2.85. The quantitative estimate of drug-likeness (QED) is 0.328. The predicted molar refractivity (Wildman–Crippen MR) is 154 cm³/mol. The number of nitrogens with one attached hydrogen (secondary N) is 2. The van der Waals surface area contributed by atoms with E-state index < -0.39 is 30.2 Å². The molecule has 10 nitrogen and oxygen atoms in total. The van der Waals surface area contributed by atoms with Crippen LogP contribution >= 0.6 is 0 Å². The zero-order valence-electron chi connectivity index (χ0n) is 25.9. The van der Waals surface area contributed by atoms with Gasteiger partial charge in [0, 0.05) is 11.5 Å². The first-order valence-corrected chi connectivity index (χ1v) is 14.3. The van der Waals surface area contributed by atoms with Gasteiger partial charge in [-0.15, -0.1) is 0 Å². The third-order valence-electron chi connectivity index (χ3n) is 6.90. The molecule has 0 aromatic heterocycles. The number of aliphatic hydroxyl groups is 1. The average molecular weight is 567 g/mol. The van der Waals surface area contributed by atoms with Crippen molar-refractivity contribution in [1.82, 2.24) is 10.6 Å². The Morgan fingerprint density at radius 1 is 1.02 bits per heavy atom. The molecule has 2 amide bonds. The van der Waals surface area contributed by atoms with E-state index in [0.29, 0.717) is 42.9 Å². The molecule has 4 atom stereocenters. The molecule has 228 valence electrons. The summed E-state index contributed by atoms with van der Waals surface area (Å²) in [5.74, 6) is 0.328. The Morgan fingerprint density at radius 2 is 1.62 bits per heavy atom. The fourth-order valence-corrected chi connectivity index (χ4v) is 4.73. The van der Waals surface area contributed by atoms with Crippen LogP contribution in [-0.2, 0) is 32.0 Å². The standard InChI is InChI=1S/C26H38N2O8.2C2H6/c1-14(2)9-19(23(30)26(12-29)13-36-26)28-24(31)15(3)27-25(32)17-8-7-16-11-20(33-4)22(35-6)21(34-5)18(16)10-17;2*1-2/h11,14-15,17,19,29H,7-10,12-13H2,1-6H3,(H,27,32)(H,28,31);2*1-2H3. The molecule has 3 N–H and O–H groups in total. The molecule has 1 aromatic carbocycles. The number of aryl methyl sites for hydroxylation is 1. The molecular weight excluding hydrogens is 516 g/mol. The summed E-state index contributed by atoms with van der Waals surface area (Å²) < 4.78 is 21.7. The minimum Gasteiger partial charge on any atom is -0.493 e. The summed E-state index contributed by atoms with van der Waals surface area (Å²) in [5.41, 5.74) is 0.701. The van der Waals surface area contributed by atoms with E-state index >= 15 is 0 Å². The van der Waals surface area contributed by atoms with E-state index in [-0.39, 0.29) is 30.1 Å². The summed E-state index contributed by atoms with van der Waals surface area (Å²) in [6.07, 6.45) is 2.10. The number of carbonyl (C=O) groups is 3. The number of methoxy groups -OCH3 is 3. The minimum absolute atomic E-state index is 0.131. The molecule has 0 radical (unpaired) electrons. The van der Waals surface area contributed by atoms with Gasteiger partial charge in [-0.25, -0.2) is 0 Å². The Labute approximate surface area is 239 Å². The number of Topliss-reactive ketones (excluding diaryl/α,β-unsaturated/α-hetero) is 1. The maximum atomic E-state index is 13.1. The molecule has 3 rings (SSSR count). The van der Waals surface area contributed by atoms with Crippen LogP contribution in [-0.4, -0.2) is 74.9 Å². The number of epoxide rings is 1. The van der Waals surface area contributed by atoms with E-state index in [1.165, 1.54) is 7.11 Å². The van der Waals surface area contributed by atoms with Crippen molar-refractivity contribution < 1.29 is 38.4 Å². The number of hydrogen-bond donors (Lipinski definition) is 3. The lowest BCUT2D eigenvalue weighted by Gasteiger charge is -2.28. The lowest BCUT2D eigenvalue weighted by atomic mass is 9.82. The van der Waals surface area contributed by atoms with Gasteiger partial charge in [0.2, 0.25) is 17.6 Å². The average Bonchev–Trinajstić information content (AvgIpc) is 3.78. The molecule has 1 fully saturated rings. The number of carbonyl (C=O) groups excluding carboxylic acids is 3. The van der Waals surface area contributed by atoms with Crippen LogP contribution in [0.3, 0.4) is 0 Å². The summed E-state index contributed by atoms with van der Waals surface area (Å²) in [5, 5.41) is 15.1. The second kappa shape index (κ2) is 16.4. The van der Waals surface area contributed by atoms with Crippen molar-refractivity contribution in [2.75, 3.05) is 34.5 Å². The Morgan fingerprint density at radius 3 is 2.10 bits per heavy atom. The first-order valence-electron chi connectivity index (χ1n) is 14.3. The smallest absolute Gasteiger partial charge is 0.242 e. The summed E-state index contributed by atoms with van der Waals surface area (Å²) in [4.78, 5) is 38.9. The van der Waals surface area contributed by atoms with E-state index in [0.717, 1.165) is 11.1 Å². The monoisotopic (exact) mass is 566 g/mol. The SMILES string of the molecule is CC.CC.COc1cc2c(c(OC)c1OC)CC(C(=O)NC(C)C(=O)NC(CC(C)C)C(=O)C1(CO)CO1)CC2. The molecule has 1 aliphatic carbocycles. The summed E-state index contributed by atoms with van der Waals surface area (Å²) >= 11 is 0. The molecule has 2 aliphatic rings. The highest BCUT2D eigenvalue weighted by molar-refractivity contribution is 5.98. The minimum atomic E-state index is -1.22. The van der Waals surface area contributed by atoms with Crippen LogP contribution in [0.4, 0.5) is 0 Å². The molecule has 40 heavy (non-hydrogen) atoms. The van der Waals surface area contributed by atoms with Gasteiger partial charge in [-0.3, -0.25) is 14.4 Å². The second-order valence-electron chi connectivity index (χ2n) is 9.95. The molecule has 0 bridgehead atoms. The van der Waals surface area contributed by atoms with Crippen LogP contribution in [0.2, 0.25) is 0 Å². The number of hydrogen-bond acceptors (Lipinski definition) is 8. The van der Waals surface area contributed by atoms with Gasteiger partial charge in [0.1, 0.15) is 6.04 Å². The second-order valence-corrected chi connectivity index (χ2v) is 9.95. The van der Waals surface area contributed by atoms with E-state index in [2.05, 4.69) is 10.6 Å². The Kier molecular flexibility index (Phi) is 14.4. The van der Waals surface area contributed by atoms with Gasteiger partial charge in [0.15, 0.2) is 22.9 Å². The molecule has 1 aliphatic heterocycles. The van der Waals surface area contributed by atoms with Gasteiger partial charge in [0.05, 0.1) is 40.6 Å². The van der Waals surface area contributed by atoms with Gasteiger partial charge in [-0.1, -0.05) is 41.5 Å². The van der Waals surface area contributed by atoms with Crippen LogP contribution in [0.15, 0.2) is 6.07 Å². The zero-order valence-corrected chi connectivity index (χ0v) is 25.9. The molecule has 4 unspecified atom stereocenters. The lowest BCUT2D eigenvalue weighted by molar-refractivity contribution is -0.134. The largest absolute Gasteiger partial charge is 0.493 e. The maximum absolute atomic E-state index is 13.1. The number of ether oxygens (including phenoxy) is 4. The van der Waals surface area contributed by atoms with E-state index in [4.69, 9.17) is 18.9 Å². The van der Waals surface area contributed by atoms with Crippen LogP contribution < -0.4 is 24.8 Å². The van der Waals surface area contributed by atoms with Gasteiger partial charge < -0.3 is 34.7 Å². The fourth-order valence-electron chi connectivity index (χ4n) is 4.73. The Bertz CT molecular complexity index is 990. The lowest BCUT2D eigenvalue weighted by Crippen LogP contribution is -2.54. The topological polar surface area (TPSA) is 136 Å². The first-order chi connectivity index (χ1) is 19.1. The number of ketones is 1. The molecule has 0 saturated carbocycles. The van der Waals surface area contributed by atoms with E-state index in [9.17, 15) is 19.5 Å². The van der Waals surface area contributed by atoms with Gasteiger partial charge >= 0.3 is 0 Å². The molecule has 1 heterocycles. The number of rotatable bonds is 12. The van der Waals surface area contributed by atoms with Crippen LogP contribution in [0.25, 0.3) is 0 Å². The van der Waals surface area contributed by atoms with Crippen LogP contribution in [0.5, 0.6) is 17.2 Å². The molecule has 1 saturated heterocycles. The fraction of sp³-hybridized carbons (Fsp3) is 0.700. The van der Waals surface area contributed by atoms with Gasteiger partial charge in [-0.2, -0.15) is 0 Å². The van der Waals surface area contributed by atoms with Crippen molar-refractivity contribution in [3.63, 3.8) is 0 Å². The molecule has 1 aromatic rings. The maximum Gasteiger partial charge on any atom is 0.242 e. The van der Waals surface area contributed by atoms with Crippen LogP contribution in [0, 0.1) is 11.8 Å². The first kappa shape index (κ1) is 35.2. The number of fused-ring (bicyclic) bond motifs is 1. The summed E-state index contributed by atoms with van der Waals surface area (Å²) in [6.45, 7) is 13.2. The van der Waals surface area contributed by atoms with Crippen molar-refractivity contribution in [2.45, 2.75) is 91.8 Å². The van der Waals surface area contributed by atoms with E-state index in [1.54, 1.807) is 21.1 Å². The summed E-state index contributed by atoms with van der Waals surface area (Å²) in [6, 6.07) is 0.258. The van der Waals surface area contributed by atoms with Crippen molar-refractivity contribution in [2.24, 2.45) is 11.8 Å². The third-order valence-corrected chi connectivity index (χ3v) is 6.90. The van der Waals surface area contributed by atoms with Crippen molar-refractivity contribution in [3.8, 4) is 17.2 Å². The predicted octanol–water partition coefficient (Wildman–Crippen LogP) is 3.24. The summed E-state index contributed by atoms with van der Waals surface area (Å²) in [7, 11) is 4.65. The van der Waals surface area contributed by atoms with Crippen molar-refractivity contribution >= 4 is 17.6 Å². The van der Waals surface area contributed by atoms with Gasteiger partial charge in [0.25, 0.3) is 0 Å². The highest BCUT2D eigenvalue weighted by Crippen LogP contribution is 2.45. The van der Waals surface area contributed by atoms with Gasteiger partial charge in [-0.05, 0) is 50.2 Å². The number of benzene rings is 1. The third kappa shape index (κ3) is 8.33. The zero-order chi connectivity index (χ0) is 30.6. The normalized spacial score (nSPS) is 20.2.